The molecule has 0 fully saturated rings. The van der Waals surface area contributed by atoms with Crippen LogP contribution in [-0.4, -0.2) is 11.1 Å². The summed E-state index contributed by atoms with van der Waals surface area (Å²) < 4.78 is 0. The molecule has 0 spiro atoms. The van der Waals surface area contributed by atoms with Crippen molar-refractivity contribution < 1.29 is 9.90 Å². The van der Waals surface area contributed by atoms with Crippen molar-refractivity contribution in [3.8, 4) is 0 Å². The molecule has 2 heteroatoms. The van der Waals surface area contributed by atoms with Crippen molar-refractivity contribution >= 4 is 5.97 Å². The van der Waals surface area contributed by atoms with E-state index in [1.807, 2.05) is 13.8 Å². The van der Waals surface area contributed by atoms with Crippen LogP contribution >= 0.6 is 0 Å². The van der Waals surface area contributed by atoms with E-state index < -0.39 is 5.97 Å². The highest BCUT2D eigenvalue weighted by molar-refractivity contribution is 5.88. The molecule has 1 aliphatic rings. The lowest BCUT2D eigenvalue weighted by atomic mass is 9.84. The lowest BCUT2D eigenvalue weighted by Crippen LogP contribution is -2.15. The highest BCUT2D eigenvalue weighted by Crippen LogP contribution is 2.29. The lowest BCUT2D eigenvalue weighted by molar-refractivity contribution is -0.133. The number of carboxylic acid groups (broad SMARTS) is 1. The summed E-state index contributed by atoms with van der Waals surface area (Å²) in [6, 6.07) is 0. The van der Waals surface area contributed by atoms with Crippen LogP contribution in [0.1, 0.15) is 33.1 Å². The number of carbonyl (C=O) groups is 1. The molecule has 0 saturated carbocycles. The smallest absolute Gasteiger partial charge is 0.331 e. The second-order valence-electron chi connectivity index (χ2n) is 3.29. The Morgan fingerprint density at radius 1 is 1.64 bits per heavy atom. The van der Waals surface area contributed by atoms with Crippen molar-refractivity contribution in [2.45, 2.75) is 33.1 Å². The lowest BCUT2D eigenvalue weighted by Gasteiger charge is -2.20. The van der Waals surface area contributed by atoms with Crippen molar-refractivity contribution in [1.82, 2.24) is 0 Å². The monoisotopic (exact) mass is 154 g/mol. The number of hydrogen-bond donors (Lipinski definition) is 1. The molecule has 11 heavy (non-hydrogen) atoms. The van der Waals surface area contributed by atoms with Crippen molar-refractivity contribution in [2.75, 3.05) is 0 Å². The maximum Gasteiger partial charge on any atom is 0.331 e. The molecule has 1 rings (SSSR count). The van der Waals surface area contributed by atoms with E-state index in [9.17, 15) is 4.79 Å². The molecule has 0 amide bonds. The van der Waals surface area contributed by atoms with Crippen molar-refractivity contribution in [1.29, 1.82) is 0 Å². The Balaban J connectivity index is 2.91. The molecule has 1 aliphatic carbocycles. The Labute approximate surface area is 66.9 Å². The molecule has 0 heterocycles. The average Bonchev–Trinajstić information content (AvgIpc) is 1.85. The Morgan fingerprint density at radius 2 is 2.27 bits per heavy atom. The van der Waals surface area contributed by atoms with E-state index >= 15 is 0 Å². The van der Waals surface area contributed by atoms with E-state index in [4.69, 9.17) is 5.11 Å². The Hall–Kier alpha value is -0.790. The second-order valence-corrected chi connectivity index (χ2v) is 3.29. The summed E-state index contributed by atoms with van der Waals surface area (Å²) >= 11 is 0. The van der Waals surface area contributed by atoms with E-state index in [0.717, 1.165) is 24.8 Å². The summed E-state index contributed by atoms with van der Waals surface area (Å²) in [7, 11) is 0. The molecule has 0 aromatic heterocycles. The molecule has 0 aromatic rings. The van der Waals surface area contributed by atoms with Gasteiger partial charge in [0.1, 0.15) is 0 Å². The van der Waals surface area contributed by atoms with Gasteiger partial charge in [0.05, 0.1) is 0 Å². The Morgan fingerprint density at radius 3 is 2.64 bits per heavy atom. The first kappa shape index (κ1) is 8.31. The van der Waals surface area contributed by atoms with Crippen LogP contribution in [-0.2, 0) is 4.79 Å². The third-order valence-corrected chi connectivity index (χ3v) is 2.37. The predicted molar refractivity (Wildman–Crippen MR) is 43.4 cm³/mol. The van der Waals surface area contributed by atoms with Crippen LogP contribution in [0, 0.1) is 5.92 Å². The van der Waals surface area contributed by atoms with Gasteiger partial charge in [0.2, 0.25) is 0 Å². The molecule has 0 saturated heterocycles. The van der Waals surface area contributed by atoms with Gasteiger partial charge in [-0.1, -0.05) is 12.5 Å². The molecule has 0 radical (unpaired) electrons. The maximum atomic E-state index is 10.7. The Kier molecular flexibility index (Phi) is 2.32. The van der Waals surface area contributed by atoms with Crippen molar-refractivity contribution in [3.63, 3.8) is 0 Å². The summed E-state index contributed by atoms with van der Waals surface area (Å²) in [6.07, 6.45) is 3.13. The molecular weight excluding hydrogens is 140 g/mol. The van der Waals surface area contributed by atoms with Gasteiger partial charge in [0.15, 0.2) is 0 Å². The van der Waals surface area contributed by atoms with Gasteiger partial charge < -0.3 is 5.11 Å². The van der Waals surface area contributed by atoms with E-state index in [1.54, 1.807) is 0 Å². The second kappa shape index (κ2) is 3.07. The van der Waals surface area contributed by atoms with Gasteiger partial charge in [0.25, 0.3) is 0 Å². The first-order valence-corrected chi connectivity index (χ1v) is 4.06. The van der Waals surface area contributed by atoms with Crippen LogP contribution in [0.2, 0.25) is 0 Å². The molecule has 2 nitrogen and oxygen atoms in total. The van der Waals surface area contributed by atoms with Gasteiger partial charge in [0, 0.05) is 5.57 Å². The molecule has 1 N–H and O–H groups in total. The zero-order valence-electron chi connectivity index (χ0n) is 7.05. The minimum atomic E-state index is -0.727. The van der Waals surface area contributed by atoms with E-state index in [0.29, 0.717) is 5.57 Å². The van der Waals surface area contributed by atoms with E-state index in [2.05, 4.69) is 0 Å². The molecule has 62 valence electrons. The first-order valence-electron chi connectivity index (χ1n) is 4.06. The predicted octanol–water partition coefficient (Wildman–Crippen LogP) is 2.21. The zero-order valence-corrected chi connectivity index (χ0v) is 7.05. The maximum absolute atomic E-state index is 10.7. The van der Waals surface area contributed by atoms with Crippen molar-refractivity contribution in [3.05, 3.63) is 11.1 Å². The summed E-state index contributed by atoms with van der Waals surface area (Å²) in [4.78, 5) is 10.7. The first-order chi connectivity index (χ1) is 5.13. The normalized spacial score (nSPS) is 25.5. The number of aliphatic carboxylic acids is 1. The summed E-state index contributed by atoms with van der Waals surface area (Å²) in [5.74, 6) is -0.476. The van der Waals surface area contributed by atoms with Crippen LogP contribution in [0.25, 0.3) is 0 Å². The summed E-state index contributed by atoms with van der Waals surface area (Å²) in [5.41, 5.74) is 1.72. The van der Waals surface area contributed by atoms with Gasteiger partial charge in [-0.15, -0.1) is 0 Å². The van der Waals surface area contributed by atoms with Crippen LogP contribution in [0.5, 0.6) is 0 Å². The number of allylic oxidation sites excluding steroid dienone is 1. The quantitative estimate of drug-likeness (QED) is 0.628. The molecule has 0 bridgehead atoms. The highest BCUT2D eigenvalue weighted by Gasteiger charge is 2.21. The number of hydrogen-bond acceptors (Lipinski definition) is 1. The Bertz CT molecular complexity index is 204. The van der Waals surface area contributed by atoms with Crippen LogP contribution in [0.15, 0.2) is 11.1 Å². The topological polar surface area (TPSA) is 37.3 Å². The third-order valence-electron chi connectivity index (χ3n) is 2.37. The standard InChI is InChI=1S/C9H14O2/c1-6-4-3-5-7(2)8(6)9(10)11/h6H,3-5H2,1-2H3,(H,10,11). The van der Waals surface area contributed by atoms with Gasteiger partial charge in [-0.25, -0.2) is 4.79 Å². The summed E-state index contributed by atoms with van der Waals surface area (Å²) in [6.45, 7) is 3.92. The SMILES string of the molecule is CC1=C(C(=O)O)C(C)CCC1. The average molecular weight is 154 g/mol. The fourth-order valence-corrected chi connectivity index (χ4v) is 1.77. The molecule has 0 aliphatic heterocycles. The number of carboxylic acids is 1. The summed E-state index contributed by atoms with van der Waals surface area (Å²) in [5, 5.41) is 8.82. The van der Waals surface area contributed by atoms with Gasteiger partial charge >= 0.3 is 5.97 Å². The van der Waals surface area contributed by atoms with E-state index in [1.165, 1.54) is 0 Å². The third kappa shape index (κ3) is 1.62. The minimum absolute atomic E-state index is 0.251. The van der Waals surface area contributed by atoms with Crippen LogP contribution in [0.4, 0.5) is 0 Å². The minimum Gasteiger partial charge on any atom is -0.478 e. The van der Waals surface area contributed by atoms with Gasteiger partial charge in [-0.3, -0.25) is 0 Å². The van der Waals surface area contributed by atoms with Crippen LogP contribution in [0.3, 0.4) is 0 Å². The largest absolute Gasteiger partial charge is 0.478 e. The van der Waals surface area contributed by atoms with Crippen molar-refractivity contribution in [2.24, 2.45) is 5.92 Å². The molecule has 1 atom stereocenters. The van der Waals surface area contributed by atoms with E-state index in [-0.39, 0.29) is 5.92 Å². The number of rotatable bonds is 1. The molecular formula is C9H14O2. The molecule has 1 unspecified atom stereocenters. The van der Waals surface area contributed by atoms with Crippen LogP contribution < -0.4 is 0 Å². The fourth-order valence-electron chi connectivity index (χ4n) is 1.77. The zero-order chi connectivity index (χ0) is 8.43. The molecule has 0 aromatic carbocycles. The fraction of sp³-hybridized carbons (Fsp3) is 0.667. The van der Waals surface area contributed by atoms with Gasteiger partial charge in [-0.05, 0) is 32.1 Å². The highest BCUT2D eigenvalue weighted by atomic mass is 16.4. The van der Waals surface area contributed by atoms with Gasteiger partial charge in [-0.2, -0.15) is 0 Å².